The predicted octanol–water partition coefficient (Wildman–Crippen LogP) is 0.744. The van der Waals surface area contributed by atoms with E-state index in [9.17, 15) is 14.5 Å². The summed E-state index contributed by atoms with van der Waals surface area (Å²) in [5.41, 5.74) is 14.1. The molecule has 0 saturated carbocycles. The molecule has 0 aliphatic heterocycles. The van der Waals surface area contributed by atoms with Gasteiger partial charge in [0.2, 0.25) is 5.95 Å². The second-order valence-electron chi connectivity index (χ2n) is 7.32. The Bertz CT molecular complexity index is 1180. The average Bonchev–Trinajstić information content (AvgIpc) is 2.79. The Morgan fingerprint density at radius 2 is 1.91 bits per heavy atom. The molecule has 0 fully saturated rings. The van der Waals surface area contributed by atoms with Crippen LogP contribution in [0.4, 0.5) is 17.5 Å². The van der Waals surface area contributed by atoms with Gasteiger partial charge < -0.3 is 36.2 Å². The van der Waals surface area contributed by atoms with Crippen LogP contribution in [0.1, 0.15) is 23.0 Å². The number of hydrogen-bond donors (Lipinski definition) is 5. The molecule has 13 nitrogen and oxygen atoms in total. The summed E-state index contributed by atoms with van der Waals surface area (Å²) in [4.78, 5) is 51.4. The molecule has 7 N–H and O–H groups in total. The maximum absolute atomic E-state index is 12.3. The van der Waals surface area contributed by atoms with Crippen molar-refractivity contribution in [3.05, 3.63) is 41.7 Å². The van der Waals surface area contributed by atoms with Gasteiger partial charge in [0.15, 0.2) is 31.5 Å². The quantitative estimate of drug-likeness (QED) is 0.251. The number of nitrogens with one attached hydrogen (secondary N) is 1. The SMILES string of the molecule is CC(OP(O)CCNC(=O)c1ccc(N(C)Cc2cnc3nc(N)nc(N)c3n2)cc1)C(=O)O. The molecule has 0 aliphatic carbocycles. The maximum atomic E-state index is 12.3. The Labute approximate surface area is 196 Å². The van der Waals surface area contributed by atoms with Gasteiger partial charge in [0.1, 0.15) is 0 Å². The minimum Gasteiger partial charge on any atom is -0.479 e. The lowest BCUT2D eigenvalue weighted by Crippen LogP contribution is -2.27. The number of amides is 1. The largest absolute Gasteiger partial charge is 0.479 e. The molecular formula is C20H25N8O5P. The topological polar surface area (TPSA) is 203 Å². The van der Waals surface area contributed by atoms with E-state index in [0.717, 1.165) is 5.69 Å². The van der Waals surface area contributed by atoms with Gasteiger partial charge in [-0.2, -0.15) is 9.97 Å². The minimum atomic E-state index is -1.94. The summed E-state index contributed by atoms with van der Waals surface area (Å²) in [5, 5.41) is 11.5. The van der Waals surface area contributed by atoms with Gasteiger partial charge in [0.05, 0.1) is 18.4 Å². The highest BCUT2D eigenvalue weighted by atomic mass is 31.2. The standard InChI is InChI=1S/C20H25N8O5P/c1-11(19(30)31)33-34(32)8-7-23-18(29)12-3-5-14(6-4-12)28(2)10-13-9-24-17-15(25-13)16(21)26-20(22)27-17/h3-6,9,11,32H,7-8,10H2,1-2H3,(H,23,29)(H,30,31)(H4,21,22,24,26,27). The van der Waals surface area contributed by atoms with Gasteiger partial charge in [-0.05, 0) is 31.2 Å². The summed E-state index contributed by atoms with van der Waals surface area (Å²) >= 11 is 0. The number of aliphatic carboxylic acids is 1. The molecule has 0 aliphatic rings. The van der Waals surface area contributed by atoms with E-state index in [0.29, 0.717) is 29.0 Å². The molecule has 180 valence electrons. The molecule has 14 heteroatoms. The number of hydrogen-bond acceptors (Lipinski definition) is 11. The molecule has 0 bridgehead atoms. The highest BCUT2D eigenvalue weighted by Gasteiger charge is 2.17. The fourth-order valence-corrected chi connectivity index (χ4v) is 3.77. The Balaban J connectivity index is 1.55. The third kappa shape index (κ3) is 6.44. The van der Waals surface area contributed by atoms with E-state index in [1.807, 2.05) is 11.9 Å². The number of benzene rings is 1. The Morgan fingerprint density at radius 3 is 2.59 bits per heavy atom. The molecule has 2 aromatic heterocycles. The number of carboxylic acids is 1. The second kappa shape index (κ2) is 11.0. The van der Waals surface area contributed by atoms with Gasteiger partial charge >= 0.3 is 5.97 Å². The normalized spacial score (nSPS) is 12.8. The molecule has 3 rings (SSSR count). The summed E-state index contributed by atoms with van der Waals surface area (Å²) in [6.45, 7) is 1.90. The third-order valence-electron chi connectivity index (χ3n) is 4.69. The van der Waals surface area contributed by atoms with Gasteiger partial charge in [0, 0.05) is 31.0 Å². The van der Waals surface area contributed by atoms with Gasteiger partial charge in [0.25, 0.3) is 5.91 Å². The van der Waals surface area contributed by atoms with Gasteiger partial charge in [-0.15, -0.1) is 0 Å². The number of nitrogens with two attached hydrogens (primary N) is 2. The van der Waals surface area contributed by atoms with Crippen LogP contribution in [0.15, 0.2) is 30.5 Å². The number of anilines is 3. The van der Waals surface area contributed by atoms with Crippen molar-refractivity contribution < 1.29 is 24.1 Å². The molecule has 1 aromatic carbocycles. The molecule has 3 aromatic rings. The smallest absolute Gasteiger partial charge is 0.332 e. The van der Waals surface area contributed by atoms with Crippen LogP contribution in [0.3, 0.4) is 0 Å². The minimum absolute atomic E-state index is 0.0339. The molecule has 0 saturated heterocycles. The molecule has 0 radical (unpaired) electrons. The first kappa shape index (κ1) is 25.0. The summed E-state index contributed by atoms with van der Waals surface area (Å²) in [7, 11) is -0.0740. The summed E-state index contributed by atoms with van der Waals surface area (Å²) in [6, 6.07) is 6.93. The first-order chi connectivity index (χ1) is 16.1. The number of rotatable bonds is 10. The van der Waals surface area contributed by atoms with Crippen molar-refractivity contribution in [2.24, 2.45) is 0 Å². The second-order valence-corrected chi connectivity index (χ2v) is 8.68. The fraction of sp³-hybridized carbons (Fsp3) is 0.300. The number of nitrogen functional groups attached to an aromatic ring is 2. The van der Waals surface area contributed by atoms with Crippen LogP contribution in [0, 0.1) is 0 Å². The maximum Gasteiger partial charge on any atom is 0.332 e. The first-order valence-electron chi connectivity index (χ1n) is 10.1. The number of carbonyl (C=O) groups excluding carboxylic acids is 1. The zero-order chi connectivity index (χ0) is 24.8. The van der Waals surface area contributed by atoms with Crippen molar-refractivity contribution in [3.63, 3.8) is 0 Å². The molecular weight excluding hydrogens is 463 g/mol. The molecule has 0 spiro atoms. The average molecular weight is 488 g/mol. The number of carboxylic acid groups (broad SMARTS) is 1. The highest BCUT2D eigenvalue weighted by Crippen LogP contribution is 2.32. The van der Waals surface area contributed by atoms with Crippen molar-refractivity contribution in [1.82, 2.24) is 25.3 Å². The zero-order valence-electron chi connectivity index (χ0n) is 18.5. The highest BCUT2D eigenvalue weighted by molar-refractivity contribution is 7.46. The van der Waals surface area contributed by atoms with E-state index < -0.39 is 20.4 Å². The Morgan fingerprint density at radius 1 is 1.21 bits per heavy atom. The van der Waals surface area contributed by atoms with E-state index in [1.54, 1.807) is 30.5 Å². The summed E-state index contributed by atoms with van der Waals surface area (Å²) in [5.74, 6) is -1.29. The lowest BCUT2D eigenvalue weighted by atomic mass is 10.2. The first-order valence-corrected chi connectivity index (χ1v) is 11.5. The van der Waals surface area contributed by atoms with Crippen molar-refractivity contribution in [3.8, 4) is 0 Å². The van der Waals surface area contributed by atoms with Crippen molar-refractivity contribution in [1.29, 1.82) is 0 Å². The fourth-order valence-electron chi connectivity index (χ4n) is 2.91. The summed E-state index contributed by atoms with van der Waals surface area (Å²) < 4.78 is 4.96. The van der Waals surface area contributed by atoms with Crippen molar-refractivity contribution >= 4 is 48.9 Å². The zero-order valence-corrected chi connectivity index (χ0v) is 19.4. The molecule has 1 amide bonds. The van der Waals surface area contributed by atoms with Gasteiger partial charge in [-0.3, -0.25) is 4.79 Å². The van der Waals surface area contributed by atoms with Gasteiger partial charge in [-0.25, -0.2) is 14.8 Å². The van der Waals surface area contributed by atoms with E-state index in [-0.39, 0.29) is 30.4 Å². The number of nitrogens with zero attached hydrogens (tertiary/aromatic N) is 5. The van der Waals surface area contributed by atoms with Crippen LogP contribution in [0.5, 0.6) is 0 Å². The van der Waals surface area contributed by atoms with E-state index >= 15 is 0 Å². The van der Waals surface area contributed by atoms with E-state index in [4.69, 9.17) is 21.1 Å². The monoisotopic (exact) mass is 488 g/mol. The van der Waals surface area contributed by atoms with Crippen LogP contribution in [-0.4, -0.2) is 67.7 Å². The van der Waals surface area contributed by atoms with Crippen molar-refractivity contribution in [2.75, 3.05) is 36.1 Å². The predicted molar refractivity (Wildman–Crippen MR) is 127 cm³/mol. The lowest BCUT2D eigenvalue weighted by molar-refractivity contribution is -0.144. The van der Waals surface area contributed by atoms with Gasteiger partial charge in [-0.1, -0.05) is 0 Å². The molecule has 2 atom stereocenters. The Hall–Kier alpha value is -3.67. The third-order valence-corrected chi connectivity index (χ3v) is 5.85. The van der Waals surface area contributed by atoms with Crippen molar-refractivity contribution in [2.45, 2.75) is 19.6 Å². The van der Waals surface area contributed by atoms with Crippen LogP contribution in [0.25, 0.3) is 11.2 Å². The number of aromatic nitrogens is 4. The van der Waals surface area contributed by atoms with Crippen LogP contribution < -0.4 is 21.7 Å². The molecule has 34 heavy (non-hydrogen) atoms. The molecule has 2 unspecified atom stereocenters. The van der Waals surface area contributed by atoms with Crippen LogP contribution >= 0.6 is 8.38 Å². The Kier molecular flexibility index (Phi) is 8.05. The number of fused-ring (bicyclic) bond motifs is 1. The molecule has 2 heterocycles. The summed E-state index contributed by atoms with van der Waals surface area (Å²) in [6.07, 6.45) is 0.596. The van der Waals surface area contributed by atoms with E-state index in [1.165, 1.54) is 6.92 Å². The van der Waals surface area contributed by atoms with Crippen LogP contribution in [0.2, 0.25) is 0 Å². The lowest BCUT2D eigenvalue weighted by Gasteiger charge is -2.19. The van der Waals surface area contributed by atoms with Crippen LogP contribution in [-0.2, 0) is 15.9 Å². The number of carbonyl (C=O) groups is 2. The van der Waals surface area contributed by atoms with E-state index in [2.05, 4.69) is 25.3 Å².